The van der Waals surface area contributed by atoms with Crippen molar-refractivity contribution in [3.63, 3.8) is 0 Å². The van der Waals surface area contributed by atoms with Crippen LogP contribution in [0.1, 0.15) is 25.8 Å². The third-order valence-corrected chi connectivity index (χ3v) is 3.85. The standard InChI is InChI=1S/C17H19Cl2NO/c1-3-12(2)21-16-8-6-15(7-9-16)20-11-13-4-5-14(18)10-17(13)19/h4-10,12,20H,3,11H2,1-2H3. The minimum Gasteiger partial charge on any atom is -0.491 e. The minimum absolute atomic E-state index is 0.233. The zero-order chi connectivity index (χ0) is 15.2. The number of hydrogen-bond acceptors (Lipinski definition) is 2. The first kappa shape index (κ1) is 16.0. The maximum absolute atomic E-state index is 6.15. The van der Waals surface area contributed by atoms with Crippen LogP contribution < -0.4 is 10.1 Å². The van der Waals surface area contributed by atoms with Crippen molar-refractivity contribution < 1.29 is 4.74 Å². The van der Waals surface area contributed by atoms with Gasteiger partial charge in [0.25, 0.3) is 0 Å². The summed E-state index contributed by atoms with van der Waals surface area (Å²) >= 11 is 12.0. The highest BCUT2D eigenvalue weighted by atomic mass is 35.5. The molecule has 112 valence electrons. The second-order valence-corrected chi connectivity index (χ2v) is 5.79. The molecule has 0 spiro atoms. The van der Waals surface area contributed by atoms with Crippen LogP contribution in [-0.2, 0) is 6.54 Å². The van der Waals surface area contributed by atoms with Crippen molar-refractivity contribution in [2.45, 2.75) is 32.9 Å². The lowest BCUT2D eigenvalue weighted by Crippen LogP contribution is -2.09. The molecule has 0 fully saturated rings. The summed E-state index contributed by atoms with van der Waals surface area (Å²) in [5, 5.41) is 4.65. The molecule has 2 nitrogen and oxygen atoms in total. The zero-order valence-electron chi connectivity index (χ0n) is 12.2. The van der Waals surface area contributed by atoms with Crippen LogP contribution in [-0.4, -0.2) is 6.10 Å². The Balaban J connectivity index is 1.94. The Hall–Kier alpha value is -1.38. The van der Waals surface area contributed by atoms with E-state index in [0.717, 1.165) is 23.4 Å². The van der Waals surface area contributed by atoms with E-state index in [4.69, 9.17) is 27.9 Å². The van der Waals surface area contributed by atoms with Gasteiger partial charge >= 0.3 is 0 Å². The Kier molecular flexibility index (Phi) is 5.77. The number of ether oxygens (including phenoxy) is 1. The first-order valence-electron chi connectivity index (χ1n) is 7.03. The van der Waals surface area contributed by atoms with Crippen molar-refractivity contribution in [2.24, 2.45) is 0 Å². The molecule has 0 radical (unpaired) electrons. The van der Waals surface area contributed by atoms with Crippen molar-refractivity contribution in [2.75, 3.05) is 5.32 Å². The lowest BCUT2D eigenvalue weighted by Gasteiger charge is -2.13. The number of rotatable bonds is 6. The van der Waals surface area contributed by atoms with E-state index in [1.165, 1.54) is 0 Å². The number of halogens is 2. The van der Waals surface area contributed by atoms with E-state index >= 15 is 0 Å². The molecule has 0 aromatic heterocycles. The average Bonchev–Trinajstić information content (AvgIpc) is 2.48. The fourth-order valence-corrected chi connectivity index (χ4v) is 2.30. The first-order valence-corrected chi connectivity index (χ1v) is 7.78. The fraction of sp³-hybridized carbons (Fsp3) is 0.294. The van der Waals surface area contributed by atoms with Gasteiger partial charge in [-0.1, -0.05) is 36.2 Å². The highest BCUT2D eigenvalue weighted by Gasteiger charge is 2.03. The maximum Gasteiger partial charge on any atom is 0.119 e. The molecule has 0 amide bonds. The van der Waals surface area contributed by atoms with Crippen molar-refractivity contribution in [1.82, 2.24) is 0 Å². The summed E-state index contributed by atoms with van der Waals surface area (Å²) in [6.45, 7) is 4.83. The zero-order valence-corrected chi connectivity index (χ0v) is 13.7. The quantitative estimate of drug-likeness (QED) is 0.727. The summed E-state index contributed by atoms with van der Waals surface area (Å²) in [5.41, 5.74) is 2.04. The molecule has 0 heterocycles. The van der Waals surface area contributed by atoms with Crippen LogP contribution in [0.4, 0.5) is 5.69 Å². The van der Waals surface area contributed by atoms with Crippen LogP contribution in [0.3, 0.4) is 0 Å². The summed E-state index contributed by atoms with van der Waals surface area (Å²) in [4.78, 5) is 0. The van der Waals surface area contributed by atoms with Crippen LogP contribution in [0, 0.1) is 0 Å². The molecule has 21 heavy (non-hydrogen) atoms. The Morgan fingerprint density at radius 3 is 2.43 bits per heavy atom. The predicted octanol–water partition coefficient (Wildman–Crippen LogP) is 5.78. The highest BCUT2D eigenvalue weighted by molar-refractivity contribution is 6.35. The minimum atomic E-state index is 0.233. The van der Waals surface area contributed by atoms with E-state index in [2.05, 4.69) is 19.2 Å². The summed E-state index contributed by atoms with van der Waals surface area (Å²) in [7, 11) is 0. The maximum atomic E-state index is 6.15. The molecule has 4 heteroatoms. The van der Waals surface area contributed by atoms with Crippen LogP contribution in [0.25, 0.3) is 0 Å². The van der Waals surface area contributed by atoms with Gasteiger partial charge in [-0.25, -0.2) is 0 Å². The van der Waals surface area contributed by atoms with Crippen LogP contribution in [0.2, 0.25) is 10.0 Å². The molecule has 0 saturated carbocycles. The normalized spacial score (nSPS) is 12.0. The fourth-order valence-electron chi connectivity index (χ4n) is 1.83. The molecule has 2 aromatic carbocycles. The Labute approximate surface area is 136 Å². The van der Waals surface area contributed by atoms with E-state index in [9.17, 15) is 0 Å². The van der Waals surface area contributed by atoms with Gasteiger partial charge in [0.15, 0.2) is 0 Å². The molecule has 0 aliphatic carbocycles. The molecular formula is C17H19Cl2NO. The Bertz CT molecular complexity index is 584. The van der Waals surface area contributed by atoms with E-state index in [-0.39, 0.29) is 6.10 Å². The first-order chi connectivity index (χ1) is 10.1. The molecular weight excluding hydrogens is 305 g/mol. The molecule has 0 aliphatic heterocycles. The predicted molar refractivity (Wildman–Crippen MR) is 90.6 cm³/mol. The third kappa shape index (κ3) is 4.83. The van der Waals surface area contributed by atoms with E-state index in [1.54, 1.807) is 6.07 Å². The monoisotopic (exact) mass is 323 g/mol. The van der Waals surface area contributed by atoms with Gasteiger partial charge < -0.3 is 10.1 Å². The van der Waals surface area contributed by atoms with Crippen molar-refractivity contribution in [3.8, 4) is 5.75 Å². The molecule has 2 rings (SSSR count). The number of anilines is 1. The molecule has 2 aromatic rings. The van der Waals surface area contributed by atoms with Crippen LogP contribution in [0.5, 0.6) is 5.75 Å². The Morgan fingerprint density at radius 2 is 1.81 bits per heavy atom. The van der Waals surface area contributed by atoms with Gasteiger partial charge in [-0.2, -0.15) is 0 Å². The topological polar surface area (TPSA) is 21.3 Å². The summed E-state index contributed by atoms with van der Waals surface area (Å²) in [5.74, 6) is 0.888. The molecule has 0 aliphatic rings. The smallest absolute Gasteiger partial charge is 0.119 e. The van der Waals surface area contributed by atoms with E-state index < -0.39 is 0 Å². The summed E-state index contributed by atoms with van der Waals surface area (Å²) in [6.07, 6.45) is 1.23. The second kappa shape index (κ2) is 7.58. The third-order valence-electron chi connectivity index (χ3n) is 3.26. The van der Waals surface area contributed by atoms with Crippen molar-refractivity contribution in [1.29, 1.82) is 0 Å². The van der Waals surface area contributed by atoms with E-state index in [1.807, 2.05) is 36.4 Å². The summed E-state index contributed by atoms with van der Waals surface area (Å²) < 4.78 is 5.75. The second-order valence-electron chi connectivity index (χ2n) is 4.95. The lowest BCUT2D eigenvalue weighted by atomic mass is 10.2. The number of benzene rings is 2. The van der Waals surface area contributed by atoms with E-state index in [0.29, 0.717) is 16.6 Å². The molecule has 1 unspecified atom stereocenters. The average molecular weight is 324 g/mol. The summed E-state index contributed by atoms with van der Waals surface area (Å²) in [6, 6.07) is 13.5. The molecule has 1 atom stereocenters. The van der Waals surface area contributed by atoms with Crippen LogP contribution in [0.15, 0.2) is 42.5 Å². The number of hydrogen-bond donors (Lipinski definition) is 1. The molecule has 1 N–H and O–H groups in total. The van der Waals surface area contributed by atoms with Gasteiger partial charge in [0, 0.05) is 22.3 Å². The van der Waals surface area contributed by atoms with Gasteiger partial charge in [0.2, 0.25) is 0 Å². The van der Waals surface area contributed by atoms with Gasteiger partial charge in [-0.05, 0) is 55.3 Å². The molecule has 0 saturated heterocycles. The Morgan fingerprint density at radius 1 is 1.10 bits per heavy atom. The van der Waals surface area contributed by atoms with Gasteiger partial charge in [-0.3, -0.25) is 0 Å². The van der Waals surface area contributed by atoms with Crippen molar-refractivity contribution in [3.05, 3.63) is 58.1 Å². The largest absolute Gasteiger partial charge is 0.491 e. The van der Waals surface area contributed by atoms with Crippen LogP contribution >= 0.6 is 23.2 Å². The SMILES string of the molecule is CCC(C)Oc1ccc(NCc2ccc(Cl)cc2Cl)cc1. The highest BCUT2D eigenvalue weighted by Crippen LogP contribution is 2.23. The lowest BCUT2D eigenvalue weighted by molar-refractivity contribution is 0.217. The van der Waals surface area contributed by atoms with Gasteiger partial charge in [-0.15, -0.1) is 0 Å². The number of nitrogens with one attached hydrogen (secondary N) is 1. The van der Waals surface area contributed by atoms with Gasteiger partial charge in [0.1, 0.15) is 5.75 Å². The molecule has 0 bridgehead atoms. The van der Waals surface area contributed by atoms with Crippen molar-refractivity contribution >= 4 is 28.9 Å². The van der Waals surface area contributed by atoms with Gasteiger partial charge in [0.05, 0.1) is 6.10 Å².